The van der Waals surface area contributed by atoms with E-state index in [1.54, 1.807) is 0 Å². The first-order chi connectivity index (χ1) is 5.75. The largest absolute Gasteiger partial charge is 0.475 e. The molecular formula is C4H9Br2Cl2O5P. The molecule has 1 atom stereocenters. The lowest BCUT2D eigenvalue weighted by Crippen LogP contribution is -2.21. The van der Waals surface area contributed by atoms with Crippen molar-refractivity contribution in [2.45, 2.75) is 8.26 Å². The highest BCUT2D eigenvalue weighted by Crippen LogP contribution is 2.53. The number of phosphoric ester groups is 1. The molecule has 0 spiro atoms. The summed E-state index contributed by atoms with van der Waals surface area (Å²) in [5.74, 6) is 0. The molecule has 5 nitrogen and oxygen atoms in total. The van der Waals surface area contributed by atoms with Crippen molar-refractivity contribution in [1.82, 2.24) is 0 Å². The van der Waals surface area contributed by atoms with E-state index in [-0.39, 0.29) is 5.48 Å². The molecule has 0 amide bonds. The molecule has 88 valence electrons. The maximum absolute atomic E-state index is 11.4. The zero-order chi connectivity index (χ0) is 10.7. The van der Waals surface area contributed by atoms with Crippen molar-refractivity contribution < 1.29 is 23.6 Å². The van der Waals surface area contributed by atoms with Gasteiger partial charge in [0.25, 0.3) is 0 Å². The molecule has 0 bridgehead atoms. The Morgan fingerprint density at radius 3 is 1.93 bits per heavy atom. The lowest BCUT2D eigenvalue weighted by atomic mass is 10.9. The van der Waals surface area contributed by atoms with E-state index in [0.717, 1.165) is 0 Å². The summed E-state index contributed by atoms with van der Waals surface area (Å²) in [5, 5.41) is -0.936. The standard InChI is InChI=1S/C4H7Br2Cl2O4P.H2O/c1-10-13(9,11-2)12-3(5)4(6,7)8;/h3H,1-2H3;1H2. The minimum atomic E-state index is -3.58. The van der Waals surface area contributed by atoms with Gasteiger partial charge in [-0.3, -0.25) is 13.6 Å². The van der Waals surface area contributed by atoms with E-state index >= 15 is 0 Å². The summed E-state index contributed by atoms with van der Waals surface area (Å²) in [4.78, 5) is 0. The van der Waals surface area contributed by atoms with Crippen LogP contribution in [0, 0.1) is 0 Å². The molecule has 0 rings (SSSR count). The Hall–Kier alpha value is 1.61. The molecule has 0 heterocycles. The van der Waals surface area contributed by atoms with Crippen molar-refractivity contribution in [2.24, 2.45) is 0 Å². The Balaban J connectivity index is 0. The molecule has 0 aromatic heterocycles. The summed E-state index contributed by atoms with van der Waals surface area (Å²) >= 11 is 17.0. The molecule has 0 aromatic rings. The first-order valence-corrected chi connectivity index (χ1v) is 6.78. The molecule has 10 heteroatoms. The Bertz CT molecular complexity index is 202. The van der Waals surface area contributed by atoms with Gasteiger partial charge < -0.3 is 5.48 Å². The van der Waals surface area contributed by atoms with E-state index in [2.05, 4.69) is 40.9 Å². The monoisotopic (exact) mass is 396 g/mol. The second kappa shape index (κ2) is 7.04. The number of hydrogen-bond acceptors (Lipinski definition) is 4. The van der Waals surface area contributed by atoms with Gasteiger partial charge in [-0.15, -0.1) is 0 Å². The van der Waals surface area contributed by atoms with Gasteiger partial charge in [-0.1, -0.05) is 39.1 Å². The summed E-state index contributed by atoms with van der Waals surface area (Å²) in [6, 6.07) is 0. The van der Waals surface area contributed by atoms with Crippen LogP contribution in [0.25, 0.3) is 0 Å². The lowest BCUT2D eigenvalue weighted by Gasteiger charge is -2.22. The first-order valence-electron chi connectivity index (χ1n) is 2.86. The highest BCUT2D eigenvalue weighted by atomic mass is 79.9. The second-order valence-electron chi connectivity index (χ2n) is 1.78. The first kappa shape index (κ1) is 18.0. The van der Waals surface area contributed by atoms with Gasteiger partial charge in [-0.2, -0.15) is 0 Å². The number of phosphoric acid groups is 1. The molecule has 1 unspecified atom stereocenters. The van der Waals surface area contributed by atoms with Crippen LogP contribution in [-0.2, 0) is 18.1 Å². The molecule has 0 aliphatic carbocycles. The van der Waals surface area contributed by atoms with Gasteiger partial charge in [-0.25, -0.2) is 4.57 Å². The minimum absolute atomic E-state index is 0. The average Bonchev–Trinajstić information content (AvgIpc) is 2.02. The zero-order valence-electron chi connectivity index (χ0n) is 7.17. The van der Waals surface area contributed by atoms with E-state index in [9.17, 15) is 4.57 Å². The Kier molecular flexibility index (Phi) is 9.04. The van der Waals surface area contributed by atoms with Gasteiger partial charge in [0.2, 0.25) is 3.24 Å². The normalized spacial score (nSPS) is 14.7. The van der Waals surface area contributed by atoms with Crippen LogP contribution >= 0.6 is 62.9 Å². The molecular weight excluding hydrogens is 390 g/mol. The van der Waals surface area contributed by atoms with Crippen molar-refractivity contribution in [3.63, 3.8) is 0 Å². The molecule has 14 heavy (non-hydrogen) atoms. The number of rotatable bonds is 5. The maximum atomic E-state index is 11.4. The van der Waals surface area contributed by atoms with Crippen molar-refractivity contribution in [1.29, 1.82) is 0 Å². The van der Waals surface area contributed by atoms with Gasteiger partial charge in [0.05, 0.1) is 0 Å². The summed E-state index contributed by atoms with van der Waals surface area (Å²) in [5.41, 5.74) is 0. The Morgan fingerprint density at radius 2 is 1.71 bits per heavy atom. The Labute approximate surface area is 109 Å². The van der Waals surface area contributed by atoms with E-state index < -0.39 is 16.1 Å². The molecule has 0 aliphatic heterocycles. The highest BCUT2D eigenvalue weighted by Gasteiger charge is 2.38. The van der Waals surface area contributed by atoms with Gasteiger partial charge >= 0.3 is 7.82 Å². The van der Waals surface area contributed by atoms with Gasteiger partial charge in [0, 0.05) is 14.2 Å². The highest BCUT2D eigenvalue weighted by molar-refractivity contribution is 9.13. The fourth-order valence-electron chi connectivity index (χ4n) is 0.334. The van der Waals surface area contributed by atoms with Crippen molar-refractivity contribution in [3.05, 3.63) is 0 Å². The van der Waals surface area contributed by atoms with Crippen LogP contribution < -0.4 is 0 Å². The topological polar surface area (TPSA) is 76.3 Å². The fourth-order valence-corrected chi connectivity index (χ4v) is 2.11. The van der Waals surface area contributed by atoms with Crippen LogP contribution in [0.5, 0.6) is 0 Å². The fraction of sp³-hybridized carbons (Fsp3) is 1.00. The van der Waals surface area contributed by atoms with E-state index in [0.29, 0.717) is 0 Å². The third kappa shape index (κ3) is 6.25. The summed E-state index contributed by atoms with van der Waals surface area (Å²) in [6.07, 6.45) is 0. The van der Waals surface area contributed by atoms with Crippen LogP contribution in [0.3, 0.4) is 0 Å². The van der Waals surface area contributed by atoms with E-state index in [4.69, 9.17) is 27.7 Å². The smallest absolute Gasteiger partial charge is 0.412 e. The summed E-state index contributed by atoms with van der Waals surface area (Å²) in [6.45, 7) is 0. The predicted octanol–water partition coefficient (Wildman–Crippen LogP) is 2.83. The van der Waals surface area contributed by atoms with Crippen molar-refractivity contribution in [3.8, 4) is 0 Å². The van der Waals surface area contributed by atoms with Gasteiger partial charge in [-0.05, 0) is 15.9 Å². The molecule has 0 radical (unpaired) electrons. The molecule has 2 N–H and O–H groups in total. The molecule has 0 aliphatic rings. The SMILES string of the molecule is COP(=O)(OC)OC(Br)C(Cl)(Cl)Br.O. The maximum Gasteiger partial charge on any atom is 0.475 e. The lowest BCUT2D eigenvalue weighted by molar-refractivity contribution is 0.146. The molecule has 0 saturated heterocycles. The van der Waals surface area contributed by atoms with Crippen LogP contribution in [-0.4, -0.2) is 28.0 Å². The van der Waals surface area contributed by atoms with E-state index in [1.165, 1.54) is 14.2 Å². The van der Waals surface area contributed by atoms with Crippen LogP contribution in [0.15, 0.2) is 0 Å². The molecule has 0 fully saturated rings. The zero-order valence-corrected chi connectivity index (χ0v) is 12.7. The Morgan fingerprint density at radius 1 is 1.36 bits per heavy atom. The summed E-state index contributed by atoms with van der Waals surface area (Å²) < 4.78 is 23.8. The number of alkyl halides is 4. The number of halogens is 4. The van der Waals surface area contributed by atoms with Crippen molar-refractivity contribution in [2.75, 3.05) is 14.2 Å². The average molecular weight is 399 g/mol. The molecule has 0 aromatic carbocycles. The summed E-state index contributed by atoms with van der Waals surface area (Å²) in [7, 11) is -1.21. The predicted molar refractivity (Wildman–Crippen MR) is 62.4 cm³/mol. The van der Waals surface area contributed by atoms with Gasteiger partial charge in [0.15, 0.2) is 5.01 Å². The molecule has 0 saturated carbocycles. The van der Waals surface area contributed by atoms with E-state index in [1.807, 2.05) is 0 Å². The third-order valence-corrected chi connectivity index (χ3v) is 5.41. The second-order valence-corrected chi connectivity index (χ2v) is 7.99. The van der Waals surface area contributed by atoms with Crippen LogP contribution in [0.1, 0.15) is 0 Å². The number of hydrogen-bond donors (Lipinski definition) is 0. The van der Waals surface area contributed by atoms with Crippen LogP contribution in [0.2, 0.25) is 0 Å². The van der Waals surface area contributed by atoms with Gasteiger partial charge in [0.1, 0.15) is 0 Å². The van der Waals surface area contributed by atoms with Crippen LogP contribution in [0.4, 0.5) is 0 Å². The van der Waals surface area contributed by atoms with Crippen molar-refractivity contribution >= 4 is 62.9 Å². The minimum Gasteiger partial charge on any atom is -0.412 e. The third-order valence-electron chi connectivity index (χ3n) is 0.926. The quantitative estimate of drug-likeness (QED) is 0.527.